The first-order valence-electron chi connectivity index (χ1n) is 35.3. The Morgan fingerprint density at radius 1 is 0.583 bits per heavy atom. The summed E-state index contributed by atoms with van der Waals surface area (Å²) in [6.45, 7) is 4.79. The second-order valence-corrected chi connectivity index (χ2v) is 31.2. The second-order valence-electron chi connectivity index (χ2n) is 26.8. The summed E-state index contributed by atoms with van der Waals surface area (Å²) < 4.78 is 145. The van der Waals surface area contributed by atoms with Gasteiger partial charge in [0, 0.05) is 97.1 Å². The highest BCUT2D eigenvalue weighted by Gasteiger charge is 2.40. The number of amides is 1. The van der Waals surface area contributed by atoms with Crippen molar-refractivity contribution in [1.29, 1.82) is 0 Å². The molecule has 7 heterocycles. The number of carbonyl (C=O) groups excluding carboxylic acids is 2. The molecule has 12 aromatic rings. The molecule has 0 aliphatic heterocycles. The zero-order chi connectivity index (χ0) is 87.0. The second kappa shape index (κ2) is 37.6. The van der Waals surface area contributed by atoms with E-state index < -0.39 is 86.9 Å². The number of alkyl halides is 6. The number of Topliss-reactive ketones (excluding diaryl/α,β-unsaturated/α-hetero) is 1. The van der Waals surface area contributed by atoms with Gasteiger partial charge in [0.15, 0.2) is 28.7 Å². The fraction of sp³-hybridized carbons (Fsp3) is 0.212. The molecule has 1 saturated carbocycles. The van der Waals surface area contributed by atoms with E-state index in [0.29, 0.717) is 98.0 Å². The summed E-state index contributed by atoms with van der Waals surface area (Å²) in [7, 11) is 0.929. The van der Waals surface area contributed by atoms with Gasteiger partial charge >= 0.3 is 36.3 Å². The van der Waals surface area contributed by atoms with E-state index in [1.165, 1.54) is 74.0 Å². The number of carboxylic acid groups (broad SMARTS) is 3. The monoisotopic (exact) mass is 1790 g/mol. The van der Waals surface area contributed by atoms with E-state index in [1.54, 1.807) is 80.5 Å². The Balaban J connectivity index is 0.000000176. The van der Waals surface area contributed by atoms with Crippen LogP contribution in [0.5, 0.6) is 17.8 Å². The highest BCUT2D eigenvalue weighted by Crippen LogP contribution is 2.46. The molecule has 1 aliphatic rings. The number of hydrogen-bond acceptors (Lipinski definition) is 22. The Labute approximate surface area is 707 Å². The summed E-state index contributed by atoms with van der Waals surface area (Å²) in [5, 5.41) is 44.0. The average molecular weight is 1790 g/mol. The number of pyridine rings is 3. The first-order chi connectivity index (χ1) is 56.8. The first-order valence-corrected chi connectivity index (χ1v) is 39.0. The van der Waals surface area contributed by atoms with Crippen LogP contribution in [-0.4, -0.2) is 115 Å². The maximum Gasteiger partial charge on any atom is 0.435 e. The number of anilines is 3. The van der Waals surface area contributed by atoms with Gasteiger partial charge in [-0.15, -0.1) is 0 Å². The van der Waals surface area contributed by atoms with Gasteiger partial charge in [-0.2, -0.15) is 31.3 Å². The third-order valence-corrected chi connectivity index (χ3v) is 21.6. The van der Waals surface area contributed by atoms with Crippen molar-refractivity contribution in [2.75, 3.05) is 35.7 Å². The number of halogens is 12. The Kier molecular flexibility index (Phi) is 27.8. The topological polar surface area (TPSA) is 369 Å². The van der Waals surface area contributed by atoms with Crippen LogP contribution in [0.2, 0.25) is 30.1 Å². The van der Waals surface area contributed by atoms with Crippen LogP contribution >= 0.6 is 69.6 Å². The number of carboxylic acids is 3. The smallest absolute Gasteiger partial charge is 0.435 e. The quantitative estimate of drug-likeness (QED) is 0.0274. The number of benzene rings is 5. The van der Waals surface area contributed by atoms with Crippen LogP contribution in [0.25, 0.3) is 22.6 Å². The zero-order valence-corrected chi connectivity index (χ0v) is 68.5. The van der Waals surface area contributed by atoms with Crippen LogP contribution in [0.1, 0.15) is 152 Å². The summed E-state index contributed by atoms with van der Waals surface area (Å²) in [6.07, 6.45) is -4.85. The van der Waals surface area contributed by atoms with Crippen LogP contribution in [0.4, 0.5) is 43.5 Å². The van der Waals surface area contributed by atoms with Crippen molar-refractivity contribution in [1.82, 2.24) is 40.4 Å². The number of rotatable bonds is 27. The van der Waals surface area contributed by atoms with Gasteiger partial charge in [-0.05, 0) is 128 Å². The molecule has 40 heteroatoms. The number of nitrogens with one attached hydrogen (secondary N) is 1. The minimum Gasteiger partial charge on any atom is -0.478 e. The van der Waals surface area contributed by atoms with Crippen LogP contribution in [0.3, 0.4) is 0 Å². The lowest BCUT2D eigenvalue weighted by atomic mass is 10.0. The molecular formula is C80H63Cl6F6N11O16S. The van der Waals surface area contributed by atoms with Crippen molar-refractivity contribution < 1.29 is 102 Å². The average Bonchev–Trinajstić information content (AvgIpc) is 1.79. The fourth-order valence-corrected chi connectivity index (χ4v) is 14.7. The van der Waals surface area contributed by atoms with Crippen LogP contribution in [-0.2, 0) is 55.0 Å². The van der Waals surface area contributed by atoms with E-state index in [2.05, 4.69) is 45.7 Å². The summed E-state index contributed by atoms with van der Waals surface area (Å²) in [5.41, 5.74) is -0.198. The van der Waals surface area contributed by atoms with Crippen molar-refractivity contribution in [3.8, 4) is 40.4 Å². The number of aromatic carboxylic acids is 3. The van der Waals surface area contributed by atoms with Gasteiger partial charge in [0.05, 0.1) is 92.9 Å². The molecule has 27 nitrogen and oxygen atoms in total. The molecule has 120 heavy (non-hydrogen) atoms. The molecule has 0 radical (unpaired) electrons. The number of aryl methyl sites for hydroxylation is 1. The molecule has 5 aromatic carbocycles. The number of hydrogen-bond donors (Lipinski definition) is 4. The summed E-state index contributed by atoms with van der Waals surface area (Å²) in [4.78, 5) is 79.9. The Morgan fingerprint density at radius 3 is 1.72 bits per heavy atom. The number of sulfonamides is 1. The van der Waals surface area contributed by atoms with Crippen molar-refractivity contribution in [3.05, 3.63) is 272 Å². The molecule has 0 unspecified atom stereocenters. The number of carbonyl (C=O) groups is 5. The van der Waals surface area contributed by atoms with Crippen molar-refractivity contribution in [3.63, 3.8) is 0 Å². The maximum absolute atomic E-state index is 13.9. The number of ketones is 1. The van der Waals surface area contributed by atoms with Gasteiger partial charge in [0.2, 0.25) is 11.8 Å². The van der Waals surface area contributed by atoms with Gasteiger partial charge in [-0.3, -0.25) is 18.9 Å². The third-order valence-electron chi connectivity index (χ3n) is 17.9. The van der Waals surface area contributed by atoms with Gasteiger partial charge < -0.3 is 53.3 Å². The highest BCUT2D eigenvalue weighted by atomic mass is 35.5. The molecule has 0 atom stereocenters. The van der Waals surface area contributed by atoms with Gasteiger partial charge in [0.25, 0.3) is 15.9 Å². The zero-order valence-electron chi connectivity index (χ0n) is 63.1. The predicted octanol–water partition coefficient (Wildman–Crippen LogP) is 19.6. The molecule has 1 fully saturated rings. The fourth-order valence-electron chi connectivity index (χ4n) is 11.8. The number of ether oxygens (including phenoxy) is 3. The molecule has 13 rings (SSSR count). The first kappa shape index (κ1) is 88.9. The minimum atomic E-state index is -4.98. The van der Waals surface area contributed by atoms with Crippen molar-refractivity contribution in [2.24, 2.45) is 0 Å². The van der Waals surface area contributed by atoms with Crippen LogP contribution in [0, 0.1) is 6.92 Å². The highest BCUT2D eigenvalue weighted by molar-refractivity contribution is 7.92. The molecule has 7 aromatic heterocycles. The molecule has 1 aliphatic carbocycles. The standard InChI is InChI=1S/C28H20Cl2F3N3O5.C27H20Cl2F3N3O5.C25H23Cl2N5O6S/c29-19-5-2-6-20(30)17(19)12-22-18(24(41-36-22)14-7-8-14)13-40-23-10-9-21(25(35-23)28(31,32)33)34-26(37)15-3-1-4-16(11-15)27(38)39;1-13(2)24-17(23(35-40-24)22-18(28)4-3-5-19(22)29)12-39-21-7-6-16(25(34-21)27(30,31)32)20(36)9-14-8-15(26(37)38)11-33-10-14;1-14-20(32(4)39(35,36)16-10-8-15(9-11-16)24(33)34)12-28-25(29-14)37-13-17-22(38-30-23(17)31(2)3)21-18(26)6-5-7-19(21)27/h1-6,9-11,14H,7-8,12-13H2,(H,34,37)(H,38,39);3-8,10-11,13H,9,12H2,1-2H3,(H,37,38);5-12H,13H2,1-4H3,(H,33,34). The molecule has 624 valence electrons. The SMILES string of the molecule is CC(C)c1onc(-c2c(Cl)cccc2Cl)c1COc1ccc(C(=O)Cc2cncc(C(=O)O)c2)c(C(F)(F)F)n1.Cc1nc(OCc2c(N(C)C)noc2-c2c(Cl)cccc2Cl)ncc1N(C)S(=O)(=O)c1ccc(C(=O)O)cc1.O=C(O)c1cccc(C(=O)Nc2ccc(OCc3c(Cc4c(Cl)cccc4Cl)noc3C3CC3)nc2C(F)(F)F)c1. The molecule has 0 spiro atoms. The van der Waals surface area contributed by atoms with E-state index >= 15 is 0 Å². The maximum atomic E-state index is 13.9. The van der Waals surface area contributed by atoms with Gasteiger partial charge in [-0.25, -0.2) is 37.8 Å². The lowest BCUT2D eigenvalue weighted by Crippen LogP contribution is -2.27. The largest absolute Gasteiger partial charge is 0.478 e. The Bertz CT molecular complexity index is 5950. The van der Waals surface area contributed by atoms with Crippen molar-refractivity contribution in [2.45, 2.75) is 95.4 Å². The van der Waals surface area contributed by atoms with E-state index in [0.717, 1.165) is 47.6 Å². The molecule has 4 N–H and O–H groups in total. The normalized spacial score (nSPS) is 12.1. The number of aromatic nitrogens is 8. The van der Waals surface area contributed by atoms with E-state index in [1.807, 2.05) is 13.8 Å². The Hall–Kier alpha value is -11.9. The van der Waals surface area contributed by atoms with E-state index in [4.69, 9.17) is 113 Å². The molecule has 0 bridgehead atoms. The molecular weight excluding hydrogens is 1730 g/mol. The minimum absolute atomic E-state index is 0.00466. The van der Waals surface area contributed by atoms with Crippen LogP contribution in [0.15, 0.2) is 171 Å². The lowest BCUT2D eigenvalue weighted by molar-refractivity contribution is -0.142. The summed E-state index contributed by atoms with van der Waals surface area (Å²) in [5.74, 6) is -4.50. The van der Waals surface area contributed by atoms with Crippen LogP contribution < -0.4 is 28.7 Å². The predicted molar refractivity (Wildman–Crippen MR) is 428 cm³/mol. The number of nitrogens with zero attached hydrogens (tertiary/aromatic N) is 10. The van der Waals surface area contributed by atoms with Gasteiger partial charge in [0.1, 0.15) is 37.0 Å². The van der Waals surface area contributed by atoms with Crippen molar-refractivity contribution >= 4 is 126 Å². The summed E-state index contributed by atoms with van der Waals surface area (Å²) >= 11 is 38.1. The molecule has 1 amide bonds. The third kappa shape index (κ3) is 21.0. The van der Waals surface area contributed by atoms with E-state index in [-0.39, 0.29) is 94.1 Å². The van der Waals surface area contributed by atoms with Gasteiger partial charge in [-0.1, -0.05) is 123 Å². The lowest BCUT2D eigenvalue weighted by Gasteiger charge is -2.21. The Morgan fingerprint density at radius 2 is 1.14 bits per heavy atom. The van der Waals surface area contributed by atoms with E-state index in [9.17, 15) is 58.7 Å². The molecule has 0 saturated heterocycles. The summed E-state index contributed by atoms with van der Waals surface area (Å²) in [6, 6.07) is 30.3.